The minimum atomic E-state index is -0.655. The van der Waals surface area contributed by atoms with Gasteiger partial charge in [0.25, 0.3) is 0 Å². The van der Waals surface area contributed by atoms with E-state index in [0.717, 1.165) is 0 Å². The zero-order chi connectivity index (χ0) is 11.4. The van der Waals surface area contributed by atoms with Gasteiger partial charge in [0.1, 0.15) is 11.6 Å². The summed E-state index contributed by atoms with van der Waals surface area (Å²) in [4.78, 5) is 1.46. The molecule has 0 saturated carbocycles. The lowest BCUT2D eigenvalue weighted by atomic mass is 10.2. The van der Waals surface area contributed by atoms with Crippen molar-refractivity contribution in [3.63, 3.8) is 0 Å². The van der Waals surface area contributed by atoms with Crippen LogP contribution in [0.2, 0.25) is 0 Å². The Labute approximate surface area is 93.3 Å². The molecule has 0 aromatic heterocycles. The van der Waals surface area contributed by atoms with Crippen LogP contribution < -0.4 is 4.90 Å². The fourth-order valence-electron chi connectivity index (χ4n) is 1.13. The van der Waals surface area contributed by atoms with Gasteiger partial charge in [-0.2, -0.15) is 0 Å². The first-order valence-electron chi connectivity index (χ1n) is 4.44. The molecule has 84 valence electrons. The highest BCUT2D eigenvalue weighted by Gasteiger charge is 2.10. The van der Waals surface area contributed by atoms with Gasteiger partial charge >= 0.3 is 0 Å². The average Bonchev–Trinajstić information content (AvgIpc) is 2.21. The molecule has 0 unspecified atom stereocenters. The highest BCUT2D eigenvalue weighted by Crippen LogP contribution is 2.23. The van der Waals surface area contributed by atoms with Crippen molar-refractivity contribution in [2.75, 3.05) is 32.2 Å². The molecule has 0 saturated heterocycles. The first kappa shape index (κ1) is 12.3. The monoisotopic (exact) mass is 233 g/mol. The number of nitrogens with zero attached hydrogens (tertiary/aromatic N) is 1. The molecule has 0 heterocycles. The van der Waals surface area contributed by atoms with Crippen molar-refractivity contribution >= 4 is 18.3 Å². The summed E-state index contributed by atoms with van der Waals surface area (Å²) in [5.41, 5.74) is 0.472. The van der Waals surface area contributed by atoms with E-state index in [1.807, 2.05) is 0 Å². The zero-order valence-electron chi connectivity index (χ0n) is 8.63. The van der Waals surface area contributed by atoms with E-state index >= 15 is 0 Å². The van der Waals surface area contributed by atoms with E-state index in [4.69, 9.17) is 4.74 Å². The Balaban J connectivity index is 2.86. The molecule has 0 aliphatic rings. The number of rotatable bonds is 4. The van der Waals surface area contributed by atoms with Gasteiger partial charge in [0.2, 0.25) is 0 Å². The van der Waals surface area contributed by atoms with Gasteiger partial charge in [-0.25, -0.2) is 8.78 Å². The molecular formula is C10H13F2NOS. The molecule has 15 heavy (non-hydrogen) atoms. The summed E-state index contributed by atoms with van der Waals surface area (Å²) < 4.78 is 31.2. The van der Waals surface area contributed by atoms with Crippen molar-refractivity contribution in [1.29, 1.82) is 0 Å². The first-order chi connectivity index (χ1) is 7.06. The lowest BCUT2D eigenvalue weighted by molar-refractivity contribution is 0.206. The van der Waals surface area contributed by atoms with Crippen molar-refractivity contribution in [2.45, 2.75) is 4.90 Å². The normalized spacial score (nSPS) is 10.5. The maximum atomic E-state index is 13.1. The summed E-state index contributed by atoms with van der Waals surface area (Å²) in [6.07, 6.45) is 0. The van der Waals surface area contributed by atoms with Crippen LogP contribution in [0.25, 0.3) is 0 Å². The summed E-state index contributed by atoms with van der Waals surface area (Å²) in [5, 5.41) is 0. The SMILES string of the molecule is COCCN(C)c1cc(F)c(S)c(F)c1. The quantitative estimate of drug-likeness (QED) is 0.801. The predicted octanol–water partition coefficient (Wildman–Crippen LogP) is 2.34. The number of anilines is 1. The molecule has 1 rings (SSSR count). The van der Waals surface area contributed by atoms with Crippen LogP contribution in [0.5, 0.6) is 0 Å². The van der Waals surface area contributed by atoms with Gasteiger partial charge in [-0.15, -0.1) is 12.6 Å². The second-order valence-electron chi connectivity index (χ2n) is 3.17. The minimum Gasteiger partial charge on any atom is -0.383 e. The summed E-state index contributed by atoms with van der Waals surface area (Å²) >= 11 is 3.70. The molecule has 0 aliphatic carbocycles. The van der Waals surface area contributed by atoms with Gasteiger partial charge in [-0.1, -0.05) is 0 Å². The number of thiol groups is 1. The van der Waals surface area contributed by atoms with E-state index in [0.29, 0.717) is 18.8 Å². The number of halogens is 2. The second kappa shape index (κ2) is 5.32. The maximum Gasteiger partial charge on any atom is 0.141 e. The molecule has 2 nitrogen and oxygen atoms in total. The van der Waals surface area contributed by atoms with E-state index in [1.54, 1.807) is 19.1 Å². The molecule has 0 amide bonds. The highest BCUT2D eigenvalue weighted by molar-refractivity contribution is 7.80. The molecule has 5 heteroatoms. The van der Waals surface area contributed by atoms with E-state index < -0.39 is 11.6 Å². The van der Waals surface area contributed by atoms with Crippen molar-refractivity contribution in [3.05, 3.63) is 23.8 Å². The third-order valence-electron chi connectivity index (χ3n) is 2.07. The molecule has 1 aromatic rings. The Bertz CT molecular complexity index is 323. The Hall–Kier alpha value is -0.810. The average molecular weight is 233 g/mol. The summed E-state index contributed by atoms with van der Waals surface area (Å²) in [7, 11) is 3.32. The van der Waals surface area contributed by atoms with Gasteiger partial charge in [-0.05, 0) is 12.1 Å². The molecule has 0 atom stereocenters. The van der Waals surface area contributed by atoms with Crippen LogP contribution in [-0.4, -0.2) is 27.3 Å². The summed E-state index contributed by atoms with van der Waals surface area (Å²) in [6.45, 7) is 1.07. The van der Waals surface area contributed by atoms with E-state index in [-0.39, 0.29) is 4.90 Å². The number of ether oxygens (including phenoxy) is 1. The van der Waals surface area contributed by atoms with Gasteiger partial charge < -0.3 is 9.64 Å². The lowest BCUT2D eigenvalue weighted by Gasteiger charge is -2.19. The van der Waals surface area contributed by atoms with Crippen molar-refractivity contribution in [3.8, 4) is 0 Å². The first-order valence-corrected chi connectivity index (χ1v) is 4.89. The Morgan fingerprint density at radius 3 is 2.33 bits per heavy atom. The Morgan fingerprint density at radius 2 is 1.87 bits per heavy atom. The number of likely N-dealkylation sites (N-methyl/N-ethyl adjacent to an activating group) is 1. The third kappa shape index (κ3) is 3.07. The van der Waals surface area contributed by atoms with Crippen LogP contribution in [-0.2, 0) is 4.74 Å². The van der Waals surface area contributed by atoms with Crippen molar-refractivity contribution in [2.24, 2.45) is 0 Å². The van der Waals surface area contributed by atoms with E-state index in [9.17, 15) is 8.78 Å². The van der Waals surface area contributed by atoms with Crippen molar-refractivity contribution < 1.29 is 13.5 Å². The highest BCUT2D eigenvalue weighted by atomic mass is 32.1. The number of hydrogen-bond acceptors (Lipinski definition) is 3. The molecule has 0 fully saturated rings. The Morgan fingerprint density at radius 1 is 1.33 bits per heavy atom. The molecule has 0 N–H and O–H groups in total. The third-order valence-corrected chi connectivity index (χ3v) is 2.50. The van der Waals surface area contributed by atoms with Crippen molar-refractivity contribution in [1.82, 2.24) is 0 Å². The summed E-state index contributed by atoms with van der Waals surface area (Å²) in [5.74, 6) is -1.31. The van der Waals surface area contributed by atoms with Gasteiger partial charge in [-0.3, -0.25) is 0 Å². The molecule has 0 spiro atoms. The zero-order valence-corrected chi connectivity index (χ0v) is 9.52. The minimum absolute atomic E-state index is 0.251. The van der Waals surface area contributed by atoms with Gasteiger partial charge in [0.05, 0.1) is 11.5 Å². The fraction of sp³-hybridized carbons (Fsp3) is 0.400. The van der Waals surface area contributed by atoms with Crippen LogP contribution in [0.3, 0.4) is 0 Å². The smallest absolute Gasteiger partial charge is 0.141 e. The van der Waals surface area contributed by atoms with Crippen LogP contribution in [0, 0.1) is 11.6 Å². The predicted molar refractivity (Wildman–Crippen MR) is 58.8 cm³/mol. The Kier molecular flexibility index (Phi) is 4.35. The number of methoxy groups -OCH3 is 1. The molecule has 0 radical (unpaired) electrons. The number of hydrogen-bond donors (Lipinski definition) is 1. The lowest BCUT2D eigenvalue weighted by Crippen LogP contribution is -2.22. The number of benzene rings is 1. The maximum absolute atomic E-state index is 13.1. The topological polar surface area (TPSA) is 12.5 Å². The van der Waals surface area contributed by atoms with Crippen LogP contribution in [0.15, 0.2) is 17.0 Å². The molecule has 0 aliphatic heterocycles. The largest absolute Gasteiger partial charge is 0.383 e. The van der Waals surface area contributed by atoms with E-state index in [1.165, 1.54) is 12.1 Å². The molecule has 1 aromatic carbocycles. The van der Waals surface area contributed by atoms with E-state index in [2.05, 4.69) is 12.6 Å². The second-order valence-corrected chi connectivity index (χ2v) is 3.62. The van der Waals surface area contributed by atoms with Crippen LogP contribution >= 0.6 is 12.6 Å². The van der Waals surface area contributed by atoms with Crippen LogP contribution in [0.4, 0.5) is 14.5 Å². The van der Waals surface area contributed by atoms with Gasteiger partial charge in [0.15, 0.2) is 0 Å². The summed E-state index contributed by atoms with van der Waals surface area (Å²) in [6, 6.07) is 2.50. The fourth-order valence-corrected chi connectivity index (χ4v) is 1.26. The standard InChI is InChI=1S/C10H13F2NOS/c1-13(3-4-14-2)7-5-8(11)10(15)9(12)6-7/h5-6,15H,3-4H2,1-2H3. The molecular weight excluding hydrogens is 220 g/mol. The molecule has 0 bridgehead atoms. The van der Waals surface area contributed by atoms with Crippen LogP contribution in [0.1, 0.15) is 0 Å². The van der Waals surface area contributed by atoms with Gasteiger partial charge in [0, 0.05) is 26.4 Å².